The van der Waals surface area contributed by atoms with E-state index in [0.29, 0.717) is 6.54 Å². The van der Waals surface area contributed by atoms with Crippen LogP contribution in [0.15, 0.2) is 29.0 Å². The van der Waals surface area contributed by atoms with Crippen LogP contribution in [0.2, 0.25) is 0 Å². The molecule has 21 heavy (non-hydrogen) atoms. The number of β-amino-alcohol motifs (C(OH)–C–C–N with tert-alkyl or cyclic N) is 1. The van der Waals surface area contributed by atoms with Crippen LogP contribution in [0.3, 0.4) is 0 Å². The quantitative estimate of drug-likeness (QED) is 0.760. The van der Waals surface area contributed by atoms with Gasteiger partial charge in [0.05, 0.1) is 6.61 Å². The normalized spacial score (nSPS) is 19.2. The van der Waals surface area contributed by atoms with Crippen LogP contribution in [0, 0.1) is 0 Å². The molecule has 1 unspecified atom stereocenters. The van der Waals surface area contributed by atoms with Crippen LogP contribution >= 0.6 is 11.3 Å². The fourth-order valence-electron chi connectivity index (χ4n) is 3.01. The molecule has 0 saturated heterocycles. The molecule has 1 aromatic heterocycles. The summed E-state index contributed by atoms with van der Waals surface area (Å²) < 4.78 is 0. The van der Waals surface area contributed by atoms with Crippen molar-refractivity contribution in [1.29, 1.82) is 0 Å². The molecule has 0 spiro atoms. The lowest BCUT2D eigenvalue weighted by atomic mass is 9.89. The molecule has 3 N–H and O–H groups in total. The van der Waals surface area contributed by atoms with Crippen LogP contribution in [0.4, 0.5) is 0 Å². The Kier molecular flexibility index (Phi) is 4.14. The third-order valence-corrected chi connectivity index (χ3v) is 4.81. The van der Waals surface area contributed by atoms with Gasteiger partial charge in [0.15, 0.2) is 11.5 Å². The van der Waals surface area contributed by atoms with Gasteiger partial charge in [-0.25, -0.2) is 0 Å². The first-order valence-electron chi connectivity index (χ1n) is 7.09. The number of aliphatic hydroxyl groups excluding tert-OH is 1. The minimum Gasteiger partial charge on any atom is -0.504 e. The van der Waals surface area contributed by atoms with Crippen molar-refractivity contribution >= 4 is 11.3 Å². The second-order valence-corrected chi connectivity index (χ2v) is 6.20. The number of rotatable bonds is 3. The maximum absolute atomic E-state index is 9.85. The van der Waals surface area contributed by atoms with E-state index in [9.17, 15) is 15.3 Å². The molecular formula is C16H19NO3S. The minimum absolute atomic E-state index is 0.0616. The lowest BCUT2D eigenvalue weighted by Crippen LogP contribution is -2.31. The highest BCUT2D eigenvalue weighted by Crippen LogP contribution is 2.38. The molecule has 4 nitrogen and oxygen atoms in total. The van der Waals surface area contributed by atoms with Gasteiger partial charge in [-0.1, -0.05) is 0 Å². The lowest BCUT2D eigenvalue weighted by molar-refractivity contribution is 0.197. The zero-order valence-electron chi connectivity index (χ0n) is 11.7. The zero-order chi connectivity index (χ0) is 14.8. The molecular weight excluding hydrogens is 286 g/mol. The Morgan fingerprint density at radius 3 is 2.76 bits per heavy atom. The average Bonchev–Trinajstić information content (AvgIpc) is 2.94. The van der Waals surface area contributed by atoms with Crippen molar-refractivity contribution in [2.24, 2.45) is 0 Å². The van der Waals surface area contributed by atoms with E-state index in [1.165, 1.54) is 5.56 Å². The van der Waals surface area contributed by atoms with Gasteiger partial charge in [0.2, 0.25) is 0 Å². The van der Waals surface area contributed by atoms with E-state index in [2.05, 4.69) is 21.7 Å². The molecule has 112 valence electrons. The second kappa shape index (κ2) is 6.05. The molecule has 2 aromatic rings. The van der Waals surface area contributed by atoms with Gasteiger partial charge >= 0.3 is 0 Å². The molecule has 1 aromatic carbocycles. The Morgan fingerprint density at radius 1 is 1.24 bits per heavy atom. The molecule has 1 aliphatic heterocycles. The van der Waals surface area contributed by atoms with E-state index in [0.717, 1.165) is 30.6 Å². The Bertz CT molecular complexity index is 612. The first kappa shape index (κ1) is 14.4. The zero-order valence-corrected chi connectivity index (χ0v) is 12.5. The van der Waals surface area contributed by atoms with Crippen molar-refractivity contribution in [3.05, 3.63) is 45.6 Å². The number of phenolic OH excluding ortho intramolecular Hbond substituents is 2. The third-order valence-electron chi connectivity index (χ3n) is 4.11. The van der Waals surface area contributed by atoms with Gasteiger partial charge in [0.25, 0.3) is 0 Å². The second-order valence-electron chi connectivity index (χ2n) is 5.42. The van der Waals surface area contributed by atoms with Gasteiger partial charge in [-0.3, -0.25) is 4.90 Å². The van der Waals surface area contributed by atoms with Gasteiger partial charge in [0.1, 0.15) is 0 Å². The molecule has 1 atom stereocenters. The number of phenols is 2. The summed E-state index contributed by atoms with van der Waals surface area (Å²) in [5, 5.41) is 33.0. The van der Waals surface area contributed by atoms with Crippen molar-refractivity contribution in [1.82, 2.24) is 4.90 Å². The highest BCUT2D eigenvalue weighted by atomic mass is 32.1. The largest absolute Gasteiger partial charge is 0.504 e. The van der Waals surface area contributed by atoms with Gasteiger partial charge in [-0.15, -0.1) is 0 Å². The van der Waals surface area contributed by atoms with Crippen LogP contribution in [-0.4, -0.2) is 46.5 Å². The Morgan fingerprint density at radius 2 is 2.05 bits per heavy atom. The van der Waals surface area contributed by atoms with E-state index in [-0.39, 0.29) is 24.0 Å². The summed E-state index contributed by atoms with van der Waals surface area (Å²) in [4.78, 5) is 2.23. The van der Waals surface area contributed by atoms with E-state index in [4.69, 9.17) is 0 Å². The molecule has 0 radical (unpaired) electrons. The number of nitrogens with zero attached hydrogens (tertiary/aromatic N) is 1. The number of aliphatic hydroxyl groups is 1. The van der Waals surface area contributed by atoms with Crippen LogP contribution in [0.25, 0.3) is 0 Å². The van der Waals surface area contributed by atoms with Crippen LogP contribution in [0.1, 0.15) is 22.6 Å². The van der Waals surface area contributed by atoms with Gasteiger partial charge in [-0.2, -0.15) is 11.3 Å². The van der Waals surface area contributed by atoms with Crippen molar-refractivity contribution < 1.29 is 15.3 Å². The smallest absolute Gasteiger partial charge is 0.157 e. The Labute approximate surface area is 127 Å². The maximum Gasteiger partial charge on any atom is 0.157 e. The summed E-state index contributed by atoms with van der Waals surface area (Å²) >= 11 is 1.66. The fraction of sp³-hybridized carbons (Fsp3) is 0.375. The van der Waals surface area contributed by atoms with Crippen LogP contribution in [0.5, 0.6) is 11.5 Å². The fourth-order valence-corrected chi connectivity index (χ4v) is 3.72. The number of benzene rings is 1. The summed E-state index contributed by atoms with van der Waals surface area (Å²) in [6, 6.07) is 5.47. The molecule has 0 aliphatic carbocycles. The summed E-state index contributed by atoms with van der Waals surface area (Å²) in [6.45, 7) is 2.45. The predicted molar refractivity (Wildman–Crippen MR) is 83.2 cm³/mol. The maximum atomic E-state index is 9.85. The first-order chi connectivity index (χ1) is 10.2. The summed E-state index contributed by atoms with van der Waals surface area (Å²) in [6.07, 6.45) is 0.809. The van der Waals surface area contributed by atoms with Crippen molar-refractivity contribution in [3.8, 4) is 11.5 Å². The SMILES string of the molecule is OCCN1CCc2cc(O)c(O)cc2C(c2ccsc2)C1. The summed E-state index contributed by atoms with van der Waals surface area (Å²) in [7, 11) is 0. The Balaban J connectivity index is 2.04. The first-order valence-corrected chi connectivity index (χ1v) is 8.03. The van der Waals surface area contributed by atoms with Crippen LogP contribution < -0.4 is 0 Å². The molecule has 0 fully saturated rings. The van der Waals surface area contributed by atoms with E-state index >= 15 is 0 Å². The average molecular weight is 305 g/mol. The highest BCUT2D eigenvalue weighted by molar-refractivity contribution is 7.08. The molecule has 0 amide bonds. The lowest BCUT2D eigenvalue weighted by Gasteiger charge is -2.24. The standard InChI is InChI=1S/C16H19NO3S/c18-5-4-17-3-1-11-7-15(19)16(20)8-13(11)14(9-17)12-2-6-21-10-12/h2,6-8,10,14,18-20H,1,3-5,9H2. The Hall–Kier alpha value is -1.56. The minimum atomic E-state index is -0.0652. The van der Waals surface area contributed by atoms with E-state index < -0.39 is 0 Å². The van der Waals surface area contributed by atoms with Crippen molar-refractivity contribution in [2.75, 3.05) is 26.2 Å². The molecule has 3 rings (SSSR count). The van der Waals surface area contributed by atoms with Crippen molar-refractivity contribution in [3.63, 3.8) is 0 Å². The number of hydrogen-bond donors (Lipinski definition) is 3. The number of aromatic hydroxyl groups is 2. The summed E-state index contributed by atoms with van der Waals surface area (Å²) in [5.41, 5.74) is 3.36. The monoisotopic (exact) mass is 305 g/mol. The topological polar surface area (TPSA) is 63.9 Å². The highest BCUT2D eigenvalue weighted by Gasteiger charge is 2.26. The predicted octanol–water partition coefficient (Wildman–Crippen LogP) is 2.14. The molecule has 1 aliphatic rings. The van der Waals surface area contributed by atoms with Crippen LogP contribution in [-0.2, 0) is 6.42 Å². The van der Waals surface area contributed by atoms with Gasteiger partial charge in [0, 0.05) is 25.6 Å². The molecule has 0 saturated carbocycles. The molecule has 2 heterocycles. The summed E-state index contributed by atoms with van der Waals surface area (Å²) in [5.74, 6) is 0.0322. The third kappa shape index (κ3) is 2.90. The van der Waals surface area contributed by atoms with E-state index in [1.54, 1.807) is 23.5 Å². The van der Waals surface area contributed by atoms with Gasteiger partial charge < -0.3 is 15.3 Å². The molecule has 5 heteroatoms. The van der Waals surface area contributed by atoms with E-state index in [1.807, 2.05) is 0 Å². The van der Waals surface area contributed by atoms with Crippen molar-refractivity contribution in [2.45, 2.75) is 12.3 Å². The van der Waals surface area contributed by atoms with Gasteiger partial charge in [-0.05, 0) is 52.1 Å². The molecule has 0 bridgehead atoms. The number of thiophene rings is 1. The number of hydrogen-bond acceptors (Lipinski definition) is 5. The number of fused-ring (bicyclic) bond motifs is 1.